The molecule has 0 bridgehead atoms. The summed E-state index contributed by atoms with van der Waals surface area (Å²) in [5, 5.41) is 13.1. The van der Waals surface area contributed by atoms with Gasteiger partial charge in [-0.05, 0) is 80.0 Å². The molecule has 2 N–H and O–H groups in total. The third-order valence-electron chi connectivity index (χ3n) is 7.49. The number of likely N-dealkylation sites (N-methyl/N-ethyl adjacent to an activating group) is 1. The van der Waals surface area contributed by atoms with Crippen LogP contribution in [-0.4, -0.2) is 36.1 Å². The minimum absolute atomic E-state index is 0.0275. The Hall–Kier alpha value is -3.19. The molecule has 2 aromatic rings. The summed E-state index contributed by atoms with van der Waals surface area (Å²) in [5.74, 6) is -1.27. The first-order chi connectivity index (χ1) is 19.0. The number of ether oxygens (including phenoxy) is 2. The first kappa shape index (κ1) is 31.3. The Morgan fingerprint density at radius 2 is 1.73 bits per heavy atom. The van der Waals surface area contributed by atoms with Crippen LogP contribution in [0.25, 0.3) is 0 Å². The highest BCUT2D eigenvalue weighted by Crippen LogP contribution is 2.29. The van der Waals surface area contributed by atoms with Gasteiger partial charge in [-0.15, -0.1) is 0 Å². The second-order valence-corrected chi connectivity index (χ2v) is 12.3. The molecule has 3 rings (SSSR count). The number of hydrogen-bond donors (Lipinski definition) is 2. The lowest BCUT2D eigenvalue weighted by Gasteiger charge is -2.19. The number of carbonyl (C=O) groups excluding carboxylic acids is 2. The largest absolute Gasteiger partial charge is 0.478 e. The van der Waals surface area contributed by atoms with Crippen LogP contribution in [0.2, 0.25) is 0 Å². The van der Waals surface area contributed by atoms with Crippen molar-refractivity contribution in [1.29, 1.82) is 0 Å². The van der Waals surface area contributed by atoms with Gasteiger partial charge in [0.05, 0.1) is 17.9 Å². The highest BCUT2D eigenvalue weighted by atomic mass is 16.5. The predicted molar refractivity (Wildman–Crippen MR) is 156 cm³/mol. The predicted octanol–water partition coefficient (Wildman–Crippen LogP) is 6.48. The fraction of sp³-hybridized carbons (Fsp3) is 0.545. The van der Waals surface area contributed by atoms with Gasteiger partial charge in [0, 0.05) is 11.6 Å². The number of aromatic carboxylic acids is 1. The van der Waals surface area contributed by atoms with Crippen LogP contribution in [0.15, 0.2) is 36.4 Å². The molecule has 40 heavy (non-hydrogen) atoms. The van der Waals surface area contributed by atoms with E-state index in [1.54, 1.807) is 18.2 Å². The van der Waals surface area contributed by atoms with Gasteiger partial charge in [0.15, 0.2) is 0 Å². The summed E-state index contributed by atoms with van der Waals surface area (Å²) in [6.07, 6.45) is 7.30. The van der Waals surface area contributed by atoms with Gasteiger partial charge in [0.1, 0.15) is 12.4 Å². The Labute approximate surface area is 238 Å². The van der Waals surface area contributed by atoms with E-state index in [1.165, 1.54) is 0 Å². The Bertz CT molecular complexity index is 1170. The molecule has 0 heterocycles. The Morgan fingerprint density at radius 1 is 1.02 bits per heavy atom. The van der Waals surface area contributed by atoms with Crippen molar-refractivity contribution in [2.45, 2.75) is 98.1 Å². The number of hydrogen-bond acceptors (Lipinski definition) is 6. The zero-order valence-electron chi connectivity index (χ0n) is 24.7. The SMILES string of the molecule is CNC(C)Cc1cccc(C(=O)O)c1Cc1ccc(OC(=O)C2CCCCCC2)c(COC(=O)CC(C)(C)C)c1. The minimum atomic E-state index is -0.973. The molecular formula is C33H45NO6. The van der Waals surface area contributed by atoms with Crippen LogP contribution >= 0.6 is 0 Å². The Kier molecular flexibility index (Phi) is 11.3. The number of esters is 2. The molecule has 218 valence electrons. The smallest absolute Gasteiger partial charge is 0.335 e. The molecule has 1 saturated carbocycles. The molecule has 1 unspecified atom stereocenters. The molecule has 1 fully saturated rings. The number of carbonyl (C=O) groups is 3. The topological polar surface area (TPSA) is 102 Å². The van der Waals surface area contributed by atoms with E-state index in [0.717, 1.165) is 55.2 Å². The van der Waals surface area contributed by atoms with Crippen LogP contribution in [-0.2, 0) is 33.8 Å². The molecule has 1 aliphatic rings. The third-order valence-corrected chi connectivity index (χ3v) is 7.49. The average molecular weight is 552 g/mol. The molecule has 7 heteroatoms. The molecule has 1 atom stereocenters. The van der Waals surface area contributed by atoms with E-state index in [0.29, 0.717) is 24.2 Å². The second kappa shape index (κ2) is 14.4. The van der Waals surface area contributed by atoms with Crippen LogP contribution < -0.4 is 10.1 Å². The maximum Gasteiger partial charge on any atom is 0.335 e. The fourth-order valence-corrected chi connectivity index (χ4v) is 5.18. The van der Waals surface area contributed by atoms with Gasteiger partial charge in [0.25, 0.3) is 0 Å². The van der Waals surface area contributed by atoms with E-state index < -0.39 is 5.97 Å². The lowest BCUT2D eigenvalue weighted by atomic mass is 9.91. The van der Waals surface area contributed by atoms with Crippen LogP contribution in [0.4, 0.5) is 0 Å². The summed E-state index contributed by atoms with van der Waals surface area (Å²) < 4.78 is 11.5. The van der Waals surface area contributed by atoms with Gasteiger partial charge in [-0.1, -0.05) is 64.7 Å². The van der Waals surface area contributed by atoms with Crippen LogP contribution in [0.3, 0.4) is 0 Å². The molecule has 0 aromatic heterocycles. The minimum Gasteiger partial charge on any atom is -0.478 e. The molecule has 1 aliphatic carbocycles. The molecule has 0 radical (unpaired) electrons. The first-order valence-electron chi connectivity index (χ1n) is 14.5. The summed E-state index contributed by atoms with van der Waals surface area (Å²) >= 11 is 0. The third kappa shape index (κ3) is 9.47. The molecule has 0 saturated heterocycles. The van der Waals surface area contributed by atoms with E-state index >= 15 is 0 Å². The molecule has 0 amide bonds. The van der Waals surface area contributed by atoms with Gasteiger partial charge in [-0.3, -0.25) is 9.59 Å². The summed E-state index contributed by atoms with van der Waals surface area (Å²) in [4.78, 5) is 37.7. The van der Waals surface area contributed by atoms with Crippen molar-refractivity contribution in [3.63, 3.8) is 0 Å². The zero-order valence-corrected chi connectivity index (χ0v) is 24.7. The molecule has 0 aliphatic heterocycles. The number of nitrogens with one attached hydrogen (secondary N) is 1. The van der Waals surface area contributed by atoms with E-state index in [4.69, 9.17) is 9.47 Å². The van der Waals surface area contributed by atoms with Crippen molar-refractivity contribution in [3.8, 4) is 5.75 Å². The van der Waals surface area contributed by atoms with Crippen molar-refractivity contribution in [2.75, 3.05) is 7.05 Å². The van der Waals surface area contributed by atoms with Crippen molar-refractivity contribution >= 4 is 17.9 Å². The number of carboxylic acid groups (broad SMARTS) is 1. The van der Waals surface area contributed by atoms with E-state index in [-0.39, 0.29) is 47.9 Å². The van der Waals surface area contributed by atoms with Crippen molar-refractivity contribution in [3.05, 3.63) is 64.2 Å². The second-order valence-electron chi connectivity index (χ2n) is 12.3. The number of benzene rings is 2. The van der Waals surface area contributed by atoms with E-state index in [9.17, 15) is 19.5 Å². The van der Waals surface area contributed by atoms with E-state index in [1.807, 2.05) is 46.0 Å². The lowest BCUT2D eigenvalue weighted by molar-refractivity contribution is -0.147. The normalized spacial score (nSPS) is 15.2. The molecule has 2 aromatic carbocycles. The highest BCUT2D eigenvalue weighted by molar-refractivity contribution is 5.90. The summed E-state index contributed by atoms with van der Waals surface area (Å²) in [7, 11) is 1.88. The average Bonchev–Trinajstić information content (AvgIpc) is 3.18. The zero-order chi connectivity index (χ0) is 29.3. The highest BCUT2D eigenvalue weighted by Gasteiger charge is 2.24. The van der Waals surface area contributed by atoms with Gasteiger partial charge in [-0.2, -0.15) is 0 Å². The van der Waals surface area contributed by atoms with Crippen molar-refractivity contribution in [1.82, 2.24) is 5.32 Å². The Morgan fingerprint density at radius 3 is 2.35 bits per heavy atom. The van der Waals surface area contributed by atoms with E-state index in [2.05, 4.69) is 12.2 Å². The quantitative estimate of drug-likeness (QED) is 0.187. The van der Waals surface area contributed by atoms with Gasteiger partial charge in [-0.25, -0.2) is 4.79 Å². The number of carboxylic acids is 1. The van der Waals surface area contributed by atoms with Gasteiger partial charge < -0.3 is 19.9 Å². The lowest BCUT2D eigenvalue weighted by Crippen LogP contribution is -2.24. The summed E-state index contributed by atoms with van der Waals surface area (Å²) in [5.41, 5.74) is 3.21. The maximum absolute atomic E-state index is 13.1. The summed E-state index contributed by atoms with van der Waals surface area (Å²) in [6, 6.07) is 11.0. The molecule has 0 spiro atoms. The van der Waals surface area contributed by atoms with Crippen LogP contribution in [0.1, 0.15) is 105 Å². The maximum atomic E-state index is 13.1. The fourth-order valence-electron chi connectivity index (χ4n) is 5.18. The molecule has 7 nitrogen and oxygen atoms in total. The van der Waals surface area contributed by atoms with Crippen molar-refractivity contribution in [2.24, 2.45) is 11.3 Å². The van der Waals surface area contributed by atoms with Gasteiger partial charge >= 0.3 is 17.9 Å². The Balaban J connectivity index is 1.92. The monoisotopic (exact) mass is 551 g/mol. The van der Waals surface area contributed by atoms with Crippen LogP contribution in [0.5, 0.6) is 5.75 Å². The standard InChI is InChI=1S/C33H45NO6/c1-22(34-5)17-25-13-10-14-27(31(36)37)28(25)19-23-15-16-29(40-32(38)24-11-8-6-7-9-12-24)26(18-23)21-39-30(35)20-33(2,3)4/h10,13-16,18,22,24,34H,6-9,11-12,17,19-21H2,1-5H3,(H,36,37). The van der Waals surface area contributed by atoms with Crippen molar-refractivity contribution < 1.29 is 29.0 Å². The number of rotatable bonds is 11. The van der Waals surface area contributed by atoms with Gasteiger partial charge in [0.2, 0.25) is 0 Å². The first-order valence-corrected chi connectivity index (χ1v) is 14.5. The molecular weight excluding hydrogens is 506 g/mol. The van der Waals surface area contributed by atoms with Crippen LogP contribution in [0, 0.1) is 11.3 Å². The summed E-state index contributed by atoms with van der Waals surface area (Å²) in [6.45, 7) is 7.95.